The molecule has 1 amide bonds. The van der Waals surface area contributed by atoms with Crippen molar-refractivity contribution >= 4 is 23.7 Å². The molecule has 3 rings (SSSR count). The molecule has 24 heavy (non-hydrogen) atoms. The largest absolute Gasteiger partial charge is 0.394 e. The van der Waals surface area contributed by atoms with Gasteiger partial charge in [-0.05, 0) is 6.92 Å². The Bertz CT molecular complexity index is 630. The molecule has 0 aromatic carbocycles. The van der Waals surface area contributed by atoms with Crippen LogP contribution in [0.3, 0.4) is 0 Å². The zero-order valence-electron chi connectivity index (χ0n) is 12.6. The number of carbonyl (C=O) groups is 1. The summed E-state index contributed by atoms with van der Waals surface area (Å²) in [5.74, 6) is 0.139. The average molecular weight is 343 g/mol. The summed E-state index contributed by atoms with van der Waals surface area (Å²) in [5.41, 5.74) is 0.232. The summed E-state index contributed by atoms with van der Waals surface area (Å²) in [4.78, 5) is 25.7. The van der Waals surface area contributed by atoms with E-state index in [-0.39, 0.29) is 24.0 Å². The van der Waals surface area contributed by atoms with Crippen molar-refractivity contribution in [2.45, 2.75) is 31.0 Å². The Labute approximate surface area is 135 Å². The summed E-state index contributed by atoms with van der Waals surface area (Å²) < 4.78 is 5.31. The van der Waals surface area contributed by atoms with E-state index in [4.69, 9.17) is 14.8 Å². The van der Waals surface area contributed by atoms with Crippen LogP contribution in [0.15, 0.2) is 6.33 Å². The molecule has 1 aromatic heterocycles. The second-order valence-electron chi connectivity index (χ2n) is 5.57. The Balaban J connectivity index is 1.87. The number of aliphatic hydroxyl groups is 3. The van der Waals surface area contributed by atoms with Gasteiger partial charge in [0, 0.05) is 0 Å². The van der Waals surface area contributed by atoms with Gasteiger partial charge in [-0.15, -0.1) is 0 Å². The molecule has 0 bridgehead atoms. The van der Waals surface area contributed by atoms with Crippen LogP contribution >= 0.6 is 0 Å². The third kappa shape index (κ3) is 2.45. The van der Waals surface area contributed by atoms with Crippen LogP contribution in [0.2, 0.25) is 0 Å². The van der Waals surface area contributed by atoms with Gasteiger partial charge in [0.25, 0.3) is 0 Å². The summed E-state index contributed by atoms with van der Waals surface area (Å²) in [6.07, 6.45) is -2.07. The SMILES string of the molecule is C[C@]1(O)[C@@H](ON2CN(C=O)c3c(NO)ncnc32)O[C@H](CO)[C@H]1O. The van der Waals surface area contributed by atoms with Gasteiger partial charge < -0.3 is 20.1 Å². The zero-order valence-corrected chi connectivity index (χ0v) is 12.6. The molecule has 4 atom stereocenters. The smallest absolute Gasteiger partial charge is 0.215 e. The molecule has 0 aliphatic carbocycles. The fourth-order valence-electron chi connectivity index (χ4n) is 2.62. The second kappa shape index (κ2) is 6.08. The normalized spacial score (nSPS) is 32.1. The molecule has 1 aromatic rings. The Kier molecular flexibility index (Phi) is 4.25. The number of nitrogens with one attached hydrogen (secondary N) is 1. The maximum atomic E-state index is 11.2. The van der Waals surface area contributed by atoms with E-state index in [2.05, 4.69) is 9.97 Å². The predicted octanol–water partition coefficient (Wildman–Crippen LogP) is -2.22. The zero-order chi connectivity index (χ0) is 17.5. The van der Waals surface area contributed by atoms with Crippen molar-refractivity contribution in [3.63, 3.8) is 0 Å². The summed E-state index contributed by atoms with van der Waals surface area (Å²) in [5, 5.41) is 39.7. The number of carbonyl (C=O) groups excluding carboxylic acids is 1. The van der Waals surface area contributed by atoms with Crippen LogP contribution < -0.4 is 15.4 Å². The Morgan fingerprint density at radius 2 is 2.33 bits per heavy atom. The quantitative estimate of drug-likeness (QED) is 0.291. The number of aromatic nitrogens is 2. The van der Waals surface area contributed by atoms with Crippen molar-refractivity contribution in [2.75, 3.05) is 28.7 Å². The van der Waals surface area contributed by atoms with Crippen molar-refractivity contribution in [3.8, 4) is 0 Å². The van der Waals surface area contributed by atoms with Gasteiger partial charge in [-0.25, -0.2) is 19.9 Å². The molecular weight excluding hydrogens is 326 g/mol. The molecule has 132 valence electrons. The first-order chi connectivity index (χ1) is 11.4. The number of nitrogens with zero attached hydrogens (tertiary/aromatic N) is 4. The summed E-state index contributed by atoms with van der Waals surface area (Å²) in [7, 11) is 0. The lowest BCUT2D eigenvalue weighted by molar-refractivity contribution is -0.206. The van der Waals surface area contributed by atoms with Crippen LogP contribution in [0.25, 0.3) is 0 Å². The van der Waals surface area contributed by atoms with Crippen LogP contribution in [0.5, 0.6) is 0 Å². The minimum atomic E-state index is -1.80. The highest BCUT2D eigenvalue weighted by Crippen LogP contribution is 2.40. The third-order valence-corrected chi connectivity index (χ3v) is 3.97. The highest BCUT2D eigenvalue weighted by molar-refractivity contribution is 5.92. The summed E-state index contributed by atoms with van der Waals surface area (Å²) >= 11 is 0. The van der Waals surface area contributed by atoms with E-state index in [1.165, 1.54) is 6.92 Å². The third-order valence-electron chi connectivity index (χ3n) is 3.97. The average Bonchev–Trinajstić information content (AvgIpc) is 3.05. The van der Waals surface area contributed by atoms with Gasteiger partial charge in [0.15, 0.2) is 11.6 Å². The van der Waals surface area contributed by atoms with Crippen molar-refractivity contribution in [2.24, 2.45) is 0 Å². The number of fused-ring (bicyclic) bond motifs is 1. The molecule has 0 unspecified atom stereocenters. The van der Waals surface area contributed by atoms with Crippen LogP contribution in [-0.4, -0.2) is 74.3 Å². The highest BCUT2D eigenvalue weighted by Gasteiger charge is 2.54. The van der Waals surface area contributed by atoms with Gasteiger partial charge in [0.1, 0.15) is 36.5 Å². The fourth-order valence-corrected chi connectivity index (χ4v) is 2.62. The van der Waals surface area contributed by atoms with E-state index in [9.17, 15) is 20.1 Å². The molecule has 1 fully saturated rings. The predicted molar refractivity (Wildman–Crippen MR) is 76.8 cm³/mol. The lowest BCUT2D eigenvalue weighted by atomic mass is 9.98. The number of anilines is 3. The molecule has 2 aliphatic rings. The van der Waals surface area contributed by atoms with E-state index in [0.29, 0.717) is 6.41 Å². The van der Waals surface area contributed by atoms with E-state index in [0.717, 1.165) is 16.3 Å². The van der Waals surface area contributed by atoms with E-state index in [1.54, 1.807) is 0 Å². The highest BCUT2D eigenvalue weighted by atomic mass is 16.8. The van der Waals surface area contributed by atoms with Crippen LogP contribution in [0, 0.1) is 0 Å². The molecule has 5 N–H and O–H groups in total. The van der Waals surface area contributed by atoms with Gasteiger partial charge in [0.2, 0.25) is 12.7 Å². The molecular formula is C12H17N5O7. The Morgan fingerprint density at radius 3 is 2.92 bits per heavy atom. The van der Waals surface area contributed by atoms with E-state index in [1.807, 2.05) is 5.48 Å². The lowest BCUT2D eigenvalue weighted by Gasteiger charge is -2.29. The number of rotatable bonds is 5. The number of hydroxylamine groups is 1. The fraction of sp³-hybridized carbons (Fsp3) is 0.583. The van der Waals surface area contributed by atoms with Crippen LogP contribution in [-0.2, 0) is 14.4 Å². The Hall–Kier alpha value is -2.09. The summed E-state index contributed by atoms with van der Waals surface area (Å²) in [6, 6.07) is 0. The minimum absolute atomic E-state index is 0.00873. The molecule has 1 saturated heterocycles. The lowest BCUT2D eigenvalue weighted by Crippen LogP contribution is -2.49. The number of hydrogen-bond donors (Lipinski definition) is 5. The van der Waals surface area contributed by atoms with Crippen molar-refractivity contribution in [1.29, 1.82) is 0 Å². The van der Waals surface area contributed by atoms with Crippen molar-refractivity contribution in [3.05, 3.63) is 6.33 Å². The second-order valence-corrected chi connectivity index (χ2v) is 5.57. The molecule has 0 saturated carbocycles. The first-order valence-corrected chi connectivity index (χ1v) is 7.02. The molecule has 12 nitrogen and oxygen atoms in total. The monoisotopic (exact) mass is 343 g/mol. The number of hydrogen-bond acceptors (Lipinski definition) is 11. The van der Waals surface area contributed by atoms with Crippen molar-refractivity contribution in [1.82, 2.24) is 9.97 Å². The molecule has 12 heteroatoms. The van der Waals surface area contributed by atoms with Gasteiger partial charge in [-0.3, -0.25) is 20.4 Å². The van der Waals surface area contributed by atoms with E-state index < -0.39 is 30.7 Å². The maximum Gasteiger partial charge on any atom is 0.215 e. The van der Waals surface area contributed by atoms with Gasteiger partial charge in [0.05, 0.1) is 6.61 Å². The van der Waals surface area contributed by atoms with Crippen LogP contribution in [0.1, 0.15) is 6.92 Å². The standard InChI is InChI=1S/C12H17N5O7/c1-12(21)8(20)6(2-18)23-11(12)24-17-4-16(5-19)7-9(15-22)13-3-14-10(7)17/h3,5-6,8,11,18,20-22H,2,4H2,1H3,(H,13,14,15)/t6-,8-,11-,12-/m1/s1. The topological polar surface area (TPSA) is 161 Å². The number of ether oxygens (including phenoxy) is 1. The molecule has 2 aliphatic heterocycles. The molecule has 0 spiro atoms. The van der Waals surface area contributed by atoms with Gasteiger partial charge in [-0.2, -0.15) is 0 Å². The summed E-state index contributed by atoms with van der Waals surface area (Å²) in [6.45, 7) is 0.685. The number of aliphatic hydroxyl groups excluding tert-OH is 2. The first-order valence-electron chi connectivity index (χ1n) is 7.02. The Morgan fingerprint density at radius 1 is 1.58 bits per heavy atom. The molecule has 0 radical (unpaired) electrons. The van der Waals surface area contributed by atoms with Crippen molar-refractivity contribution < 1.29 is 34.9 Å². The van der Waals surface area contributed by atoms with Gasteiger partial charge in [-0.1, -0.05) is 0 Å². The van der Waals surface area contributed by atoms with Gasteiger partial charge >= 0.3 is 0 Å². The first kappa shape index (κ1) is 16.8. The maximum absolute atomic E-state index is 11.2. The number of amides is 1. The van der Waals surface area contributed by atoms with Crippen LogP contribution in [0.4, 0.5) is 17.3 Å². The minimum Gasteiger partial charge on any atom is -0.394 e. The van der Waals surface area contributed by atoms with E-state index >= 15 is 0 Å². The molecule has 3 heterocycles.